The molecular formula is C14H25BrN4. The van der Waals surface area contributed by atoms with E-state index in [1.54, 1.807) is 0 Å². The highest BCUT2D eigenvalue weighted by molar-refractivity contribution is 9.10. The van der Waals surface area contributed by atoms with Crippen molar-refractivity contribution in [3.8, 4) is 0 Å². The van der Waals surface area contributed by atoms with Crippen molar-refractivity contribution in [1.82, 2.24) is 20.0 Å². The van der Waals surface area contributed by atoms with E-state index < -0.39 is 0 Å². The molecule has 0 spiro atoms. The van der Waals surface area contributed by atoms with Gasteiger partial charge in [-0.15, -0.1) is 0 Å². The average Bonchev–Trinajstić information content (AvgIpc) is 2.67. The summed E-state index contributed by atoms with van der Waals surface area (Å²) in [4.78, 5) is 2.57. The highest BCUT2D eigenvalue weighted by Gasteiger charge is 2.22. The highest BCUT2D eigenvalue weighted by atomic mass is 79.9. The Kier molecular flexibility index (Phi) is 5.42. The van der Waals surface area contributed by atoms with Crippen molar-refractivity contribution in [3.05, 3.63) is 15.9 Å². The number of aromatic nitrogens is 2. The number of nitrogens with one attached hydrogen (secondary N) is 1. The Bertz CT molecular complexity index is 414. The zero-order valence-electron chi connectivity index (χ0n) is 12.2. The molecule has 19 heavy (non-hydrogen) atoms. The largest absolute Gasteiger partial charge is 0.319 e. The van der Waals surface area contributed by atoms with Gasteiger partial charge in [0.05, 0.1) is 15.9 Å². The lowest BCUT2D eigenvalue weighted by molar-refractivity contribution is 0.162. The molecule has 1 fully saturated rings. The van der Waals surface area contributed by atoms with E-state index in [-0.39, 0.29) is 0 Å². The number of likely N-dealkylation sites (tertiary alicyclic amines) is 1. The Morgan fingerprint density at radius 1 is 1.47 bits per heavy atom. The maximum atomic E-state index is 4.58. The number of nitrogens with zero attached hydrogens (tertiary/aromatic N) is 3. The zero-order chi connectivity index (χ0) is 13.8. The molecule has 2 heterocycles. The van der Waals surface area contributed by atoms with Crippen LogP contribution in [0.4, 0.5) is 0 Å². The van der Waals surface area contributed by atoms with E-state index in [9.17, 15) is 0 Å². The quantitative estimate of drug-likeness (QED) is 0.901. The van der Waals surface area contributed by atoms with Crippen LogP contribution in [0.1, 0.15) is 31.2 Å². The molecule has 1 N–H and O–H groups in total. The Morgan fingerprint density at radius 2 is 2.26 bits per heavy atom. The monoisotopic (exact) mass is 328 g/mol. The van der Waals surface area contributed by atoms with E-state index in [0.29, 0.717) is 0 Å². The van der Waals surface area contributed by atoms with Crippen molar-refractivity contribution >= 4 is 15.9 Å². The van der Waals surface area contributed by atoms with Crippen LogP contribution in [-0.4, -0.2) is 41.4 Å². The molecule has 1 aromatic rings. The van der Waals surface area contributed by atoms with Crippen molar-refractivity contribution in [2.24, 2.45) is 5.92 Å². The van der Waals surface area contributed by atoms with Crippen LogP contribution in [0, 0.1) is 12.8 Å². The summed E-state index contributed by atoms with van der Waals surface area (Å²) in [5.74, 6) is 0.789. The van der Waals surface area contributed by atoms with E-state index in [1.807, 2.05) is 7.05 Å². The molecule has 108 valence electrons. The number of piperidine rings is 1. The van der Waals surface area contributed by atoms with Gasteiger partial charge in [-0.2, -0.15) is 5.10 Å². The summed E-state index contributed by atoms with van der Waals surface area (Å²) < 4.78 is 3.31. The Morgan fingerprint density at radius 3 is 2.95 bits per heavy atom. The van der Waals surface area contributed by atoms with E-state index in [4.69, 9.17) is 0 Å². The number of rotatable bonds is 5. The third kappa shape index (κ3) is 3.58. The van der Waals surface area contributed by atoms with Gasteiger partial charge in [-0.3, -0.25) is 9.58 Å². The molecule has 0 aromatic carbocycles. The van der Waals surface area contributed by atoms with Crippen LogP contribution >= 0.6 is 15.9 Å². The van der Waals surface area contributed by atoms with E-state index in [1.165, 1.54) is 36.1 Å². The summed E-state index contributed by atoms with van der Waals surface area (Å²) in [6.45, 7) is 9.71. The van der Waals surface area contributed by atoms with E-state index in [2.05, 4.69) is 49.8 Å². The van der Waals surface area contributed by atoms with Crippen molar-refractivity contribution < 1.29 is 0 Å². The summed E-state index contributed by atoms with van der Waals surface area (Å²) in [7, 11) is 2.05. The van der Waals surface area contributed by atoms with Crippen LogP contribution in [0.15, 0.2) is 4.47 Å². The molecule has 1 unspecified atom stereocenters. The summed E-state index contributed by atoms with van der Waals surface area (Å²) in [6.07, 6.45) is 2.66. The highest BCUT2D eigenvalue weighted by Crippen LogP contribution is 2.25. The molecule has 5 heteroatoms. The van der Waals surface area contributed by atoms with Gasteiger partial charge in [0.15, 0.2) is 0 Å². The predicted octanol–water partition coefficient (Wildman–Crippen LogP) is 2.41. The van der Waals surface area contributed by atoms with Gasteiger partial charge >= 0.3 is 0 Å². The standard InChI is InChI=1S/C14H25BrN4/c1-4-19-13(14(15)11(2)17-19)10-18-7-5-6-12(9-18)8-16-3/h12,16H,4-10H2,1-3H3. The molecule has 4 nitrogen and oxygen atoms in total. The maximum Gasteiger partial charge on any atom is 0.0739 e. The van der Waals surface area contributed by atoms with Gasteiger partial charge in [0.25, 0.3) is 0 Å². The third-order valence-corrected chi connectivity index (χ3v) is 4.95. The van der Waals surface area contributed by atoms with Crippen LogP contribution in [0.2, 0.25) is 0 Å². The molecule has 1 aliphatic rings. The zero-order valence-corrected chi connectivity index (χ0v) is 13.8. The first-order valence-electron chi connectivity index (χ1n) is 7.24. The van der Waals surface area contributed by atoms with E-state index >= 15 is 0 Å². The molecular weight excluding hydrogens is 304 g/mol. The molecule has 0 bridgehead atoms. The van der Waals surface area contributed by atoms with Crippen molar-refractivity contribution in [3.63, 3.8) is 0 Å². The minimum atomic E-state index is 0.789. The molecule has 1 aliphatic heterocycles. The number of halogens is 1. The van der Waals surface area contributed by atoms with Crippen LogP contribution in [0.3, 0.4) is 0 Å². The van der Waals surface area contributed by atoms with Crippen LogP contribution in [0.25, 0.3) is 0 Å². The van der Waals surface area contributed by atoms with Crippen LogP contribution in [-0.2, 0) is 13.1 Å². The van der Waals surface area contributed by atoms with Gasteiger partial charge in [0, 0.05) is 19.6 Å². The van der Waals surface area contributed by atoms with Gasteiger partial charge in [-0.05, 0) is 68.7 Å². The second-order valence-corrected chi connectivity index (χ2v) is 6.26. The van der Waals surface area contributed by atoms with Crippen molar-refractivity contribution in [2.75, 3.05) is 26.7 Å². The summed E-state index contributed by atoms with van der Waals surface area (Å²) in [5, 5.41) is 7.89. The molecule has 2 rings (SSSR count). The third-order valence-electron chi connectivity index (χ3n) is 3.92. The van der Waals surface area contributed by atoms with E-state index in [0.717, 1.165) is 31.2 Å². The molecule has 0 amide bonds. The van der Waals surface area contributed by atoms with Crippen molar-refractivity contribution in [2.45, 2.75) is 39.8 Å². The summed E-state index contributed by atoms with van der Waals surface area (Å²) >= 11 is 3.69. The maximum absolute atomic E-state index is 4.58. The molecule has 0 aliphatic carbocycles. The molecule has 1 aromatic heterocycles. The lowest BCUT2D eigenvalue weighted by Gasteiger charge is -2.32. The average molecular weight is 329 g/mol. The van der Waals surface area contributed by atoms with Gasteiger partial charge in [-0.1, -0.05) is 0 Å². The Hall–Kier alpha value is -0.390. The molecule has 1 saturated heterocycles. The van der Waals surface area contributed by atoms with Crippen LogP contribution in [0.5, 0.6) is 0 Å². The van der Waals surface area contributed by atoms with Gasteiger partial charge in [0.1, 0.15) is 0 Å². The lowest BCUT2D eigenvalue weighted by Crippen LogP contribution is -2.39. The SMILES string of the molecule is CCn1nc(C)c(Br)c1CN1CCCC(CNC)C1. The fourth-order valence-electron chi connectivity index (χ4n) is 2.98. The summed E-state index contributed by atoms with van der Waals surface area (Å²) in [6, 6.07) is 0. The fraction of sp³-hybridized carbons (Fsp3) is 0.786. The van der Waals surface area contributed by atoms with Gasteiger partial charge < -0.3 is 5.32 Å². The first-order chi connectivity index (χ1) is 9.15. The lowest BCUT2D eigenvalue weighted by atomic mass is 9.98. The van der Waals surface area contributed by atoms with Gasteiger partial charge in [-0.25, -0.2) is 0 Å². The predicted molar refractivity (Wildman–Crippen MR) is 82.3 cm³/mol. The number of hydrogen-bond acceptors (Lipinski definition) is 3. The normalized spacial score (nSPS) is 20.9. The second kappa shape index (κ2) is 6.86. The summed E-state index contributed by atoms with van der Waals surface area (Å²) in [5.41, 5.74) is 2.42. The Balaban J connectivity index is 2.04. The Labute approximate surface area is 124 Å². The second-order valence-electron chi connectivity index (χ2n) is 5.46. The number of aryl methyl sites for hydroxylation is 2. The molecule has 0 saturated carbocycles. The minimum Gasteiger partial charge on any atom is -0.319 e. The smallest absolute Gasteiger partial charge is 0.0739 e. The minimum absolute atomic E-state index is 0.789. The fourth-order valence-corrected chi connectivity index (χ4v) is 3.39. The topological polar surface area (TPSA) is 33.1 Å². The van der Waals surface area contributed by atoms with Gasteiger partial charge in [0.2, 0.25) is 0 Å². The first kappa shape index (κ1) is 15.0. The number of hydrogen-bond donors (Lipinski definition) is 1. The van der Waals surface area contributed by atoms with Crippen LogP contribution < -0.4 is 5.32 Å². The molecule has 1 atom stereocenters. The molecule has 0 radical (unpaired) electrons. The first-order valence-corrected chi connectivity index (χ1v) is 8.03. The van der Waals surface area contributed by atoms with Crippen molar-refractivity contribution in [1.29, 1.82) is 0 Å².